The summed E-state index contributed by atoms with van der Waals surface area (Å²) < 4.78 is 0. The van der Waals surface area contributed by atoms with Gasteiger partial charge in [-0.2, -0.15) is 0 Å². The molecule has 2 aliphatic rings. The Kier molecular flexibility index (Phi) is 2.61. The lowest BCUT2D eigenvalue weighted by atomic mass is 9.90. The summed E-state index contributed by atoms with van der Waals surface area (Å²) in [6, 6.07) is 0. The van der Waals surface area contributed by atoms with Crippen LogP contribution in [0.4, 0.5) is 0 Å². The highest BCUT2D eigenvalue weighted by molar-refractivity contribution is 5.02. The minimum Gasteiger partial charge on any atom is -0.315 e. The molecule has 0 amide bonds. The van der Waals surface area contributed by atoms with Gasteiger partial charge in [-0.15, -0.1) is 0 Å². The summed E-state index contributed by atoms with van der Waals surface area (Å²) >= 11 is 0. The van der Waals surface area contributed by atoms with Gasteiger partial charge < -0.3 is 5.32 Å². The molecule has 0 aliphatic carbocycles. The van der Waals surface area contributed by atoms with Crippen LogP contribution in [0, 0.1) is 5.41 Å². The molecule has 0 saturated carbocycles. The quantitative estimate of drug-likeness (QED) is 0.688. The standard InChI is InChI=1S/C12H24N2/c1-11(2,3)10-14-8-4-5-12(14)6-7-13-9-12/h13H,4-10H2,1-3H3. The minimum absolute atomic E-state index is 0.444. The lowest BCUT2D eigenvalue weighted by Gasteiger charge is -2.38. The van der Waals surface area contributed by atoms with Crippen LogP contribution in [-0.2, 0) is 0 Å². The van der Waals surface area contributed by atoms with Crippen LogP contribution in [0.15, 0.2) is 0 Å². The summed E-state index contributed by atoms with van der Waals surface area (Å²) in [6.45, 7) is 12.1. The first-order chi connectivity index (χ1) is 6.52. The van der Waals surface area contributed by atoms with Crippen molar-refractivity contribution in [2.24, 2.45) is 5.41 Å². The van der Waals surface area contributed by atoms with Crippen molar-refractivity contribution in [1.82, 2.24) is 10.2 Å². The molecule has 2 rings (SSSR count). The van der Waals surface area contributed by atoms with Crippen molar-refractivity contribution in [3.05, 3.63) is 0 Å². The van der Waals surface area contributed by atoms with Crippen LogP contribution in [0.5, 0.6) is 0 Å². The maximum atomic E-state index is 3.53. The topological polar surface area (TPSA) is 15.3 Å². The normalized spacial score (nSPS) is 34.5. The fourth-order valence-corrected chi connectivity index (χ4v) is 3.03. The molecule has 82 valence electrons. The SMILES string of the molecule is CC(C)(C)CN1CCCC12CCNC2. The maximum absolute atomic E-state index is 3.53. The lowest BCUT2D eigenvalue weighted by Crippen LogP contribution is -2.48. The van der Waals surface area contributed by atoms with Crippen molar-refractivity contribution in [3.63, 3.8) is 0 Å². The molecule has 0 radical (unpaired) electrons. The number of nitrogens with zero attached hydrogens (tertiary/aromatic N) is 1. The summed E-state index contributed by atoms with van der Waals surface area (Å²) in [5, 5.41) is 3.53. The third kappa shape index (κ3) is 1.96. The Morgan fingerprint density at radius 1 is 1.29 bits per heavy atom. The smallest absolute Gasteiger partial charge is 0.0346 e. The van der Waals surface area contributed by atoms with Crippen LogP contribution < -0.4 is 5.32 Å². The van der Waals surface area contributed by atoms with Gasteiger partial charge in [0.1, 0.15) is 0 Å². The second kappa shape index (κ2) is 3.49. The zero-order valence-corrected chi connectivity index (χ0v) is 9.90. The van der Waals surface area contributed by atoms with E-state index in [0.29, 0.717) is 11.0 Å². The van der Waals surface area contributed by atoms with E-state index >= 15 is 0 Å². The van der Waals surface area contributed by atoms with Crippen LogP contribution in [-0.4, -0.2) is 36.6 Å². The first-order valence-corrected chi connectivity index (χ1v) is 5.98. The van der Waals surface area contributed by atoms with Crippen molar-refractivity contribution in [3.8, 4) is 0 Å². The Morgan fingerprint density at radius 2 is 2.07 bits per heavy atom. The van der Waals surface area contributed by atoms with E-state index in [1.54, 1.807) is 0 Å². The average Bonchev–Trinajstić information content (AvgIpc) is 2.62. The van der Waals surface area contributed by atoms with Gasteiger partial charge in [0, 0.05) is 18.6 Å². The lowest BCUT2D eigenvalue weighted by molar-refractivity contribution is 0.109. The molecule has 1 spiro atoms. The Labute approximate surface area is 88.1 Å². The molecular weight excluding hydrogens is 172 g/mol. The van der Waals surface area contributed by atoms with E-state index in [2.05, 4.69) is 31.0 Å². The number of nitrogens with one attached hydrogen (secondary N) is 1. The highest BCUT2D eigenvalue weighted by atomic mass is 15.3. The molecule has 2 saturated heterocycles. The minimum atomic E-state index is 0.444. The van der Waals surface area contributed by atoms with Gasteiger partial charge in [0.25, 0.3) is 0 Å². The molecule has 1 atom stereocenters. The van der Waals surface area contributed by atoms with E-state index in [1.807, 2.05) is 0 Å². The Morgan fingerprint density at radius 3 is 2.64 bits per heavy atom. The summed E-state index contributed by atoms with van der Waals surface area (Å²) in [7, 11) is 0. The zero-order valence-electron chi connectivity index (χ0n) is 9.90. The summed E-state index contributed by atoms with van der Waals surface area (Å²) in [5.74, 6) is 0. The fourth-order valence-electron chi connectivity index (χ4n) is 3.03. The van der Waals surface area contributed by atoms with Gasteiger partial charge in [-0.05, 0) is 37.8 Å². The average molecular weight is 196 g/mol. The van der Waals surface area contributed by atoms with Crippen LogP contribution >= 0.6 is 0 Å². The Bertz CT molecular complexity index is 193. The molecule has 1 unspecified atom stereocenters. The predicted octanol–water partition coefficient (Wildman–Crippen LogP) is 1.86. The third-order valence-electron chi connectivity index (χ3n) is 3.63. The fraction of sp³-hybridized carbons (Fsp3) is 1.00. The van der Waals surface area contributed by atoms with Gasteiger partial charge in [0.2, 0.25) is 0 Å². The van der Waals surface area contributed by atoms with Crippen LogP contribution in [0.25, 0.3) is 0 Å². The third-order valence-corrected chi connectivity index (χ3v) is 3.63. The number of hydrogen-bond acceptors (Lipinski definition) is 2. The van der Waals surface area contributed by atoms with Crippen LogP contribution in [0.2, 0.25) is 0 Å². The van der Waals surface area contributed by atoms with Gasteiger partial charge in [-0.3, -0.25) is 4.90 Å². The molecule has 2 fully saturated rings. The van der Waals surface area contributed by atoms with E-state index in [9.17, 15) is 0 Å². The molecule has 2 heteroatoms. The van der Waals surface area contributed by atoms with E-state index in [0.717, 1.165) is 0 Å². The first-order valence-electron chi connectivity index (χ1n) is 5.98. The molecular formula is C12H24N2. The van der Waals surface area contributed by atoms with Gasteiger partial charge in [0.05, 0.1) is 0 Å². The van der Waals surface area contributed by atoms with E-state index in [4.69, 9.17) is 0 Å². The van der Waals surface area contributed by atoms with Gasteiger partial charge in [0.15, 0.2) is 0 Å². The second-order valence-electron chi connectivity index (χ2n) is 6.24. The summed E-state index contributed by atoms with van der Waals surface area (Å²) in [5.41, 5.74) is 0.979. The molecule has 2 aliphatic heterocycles. The zero-order chi connectivity index (χ0) is 10.2. The summed E-state index contributed by atoms with van der Waals surface area (Å²) in [6.07, 6.45) is 4.18. The van der Waals surface area contributed by atoms with Crippen LogP contribution in [0.3, 0.4) is 0 Å². The van der Waals surface area contributed by atoms with Gasteiger partial charge >= 0.3 is 0 Å². The highest BCUT2D eigenvalue weighted by Crippen LogP contribution is 2.36. The van der Waals surface area contributed by atoms with E-state index < -0.39 is 0 Å². The molecule has 0 aromatic heterocycles. The van der Waals surface area contributed by atoms with Crippen molar-refractivity contribution >= 4 is 0 Å². The second-order valence-corrected chi connectivity index (χ2v) is 6.24. The molecule has 2 nitrogen and oxygen atoms in total. The molecule has 2 heterocycles. The summed E-state index contributed by atoms with van der Waals surface area (Å²) in [4.78, 5) is 2.74. The van der Waals surface area contributed by atoms with Crippen molar-refractivity contribution in [1.29, 1.82) is 0 Å². The Balaban J connectivity index is 2.03. The molecule has 14 heavy (non-hydrogen) atoms. The molecule has 0 aromatic carbocycles. The molecule has 1 N–H and O–H groups in total. The Hall–Kier alpha value is -0.0800. The molecule has 0 bridgehead atoms. The van der Waals surface area contributed by atoms with E-state index in [1.165, 1.54) is 45.4 Å². The number of likely N-dealkylation sites (tertiary alicyclic amines) is 1. The maximum Gasteiger partial charge on any atom is 0.0346 e. The van der Waals surface area contributed by atoms with Crippen molar-refractivity contribution in [2.45, 2.75) is 45.6 Å². The highest BCUT2D eigenvalue weighted by Gasteiger charge is 2.43. The number of rotatable bonds is 1. The monoisotopic (exact) mass is 196 g/mol. The van der Waals surface area contributed by atoms with Crippen molar-refractivity contribution < 1.29 is 0 Å². The predicted molar refractivity (Wildman–Crippen MR) is 60.5 cm³/mol. The molecule has 0 aromatic rings. The first kappa shape index (κ1) is 10.4. The van der Waals surface area contributed by atoms with Crippen LogP contribution in [0.1, 0.15) is 40.0 Å². The number of hydrogen-bond donors (Lipinski definition) is 1. The largest absolute Gasteiger partial charge is 0.315 e. The van der Waals surface area contributed by atoms with E-state index in [-0.39, 0.29) is 0 Å². The van der Waals surface area contributed by atoms with Gasteiger partial charge in [-0.25, -0.2) is 0 Å². The van der Waals surface area contributed by atoms with Gasteiger partial charge in [-0.1, -0.05) is 20.8 Å². The van der Waals surface area contributed by atoms with Crippen molar-refractivity contribution in [2.75, 3.05) is 26.2 Å².